The Morgan fingerprint density at radius 1 is 1.08 bits per heavy atom. The van der Waals surface area contributed by atoms with E-state index in [0.717, 1.165) is 16.8 Å². The molecule has 0 N–H and O–H groups in total. The van der Waals surface area contributed by atoms with Crippen LogP contribution in [0.2, 0.25) is 0 Å². The van der Waals surface area contributed by atoms with Gasteiger partial charge < -0.3 is 4.42 Å². The van der Waals surface area contributed by atoms with Gasteiger partial charge in [0.2, 0.25) is 15.9 Å². The first-order valence-electron chi connectivity index (χ1n) is 12.1. The summed E-state index contributed by atoms with van der Waals surface area (Å²) in [6.45, 7) is 3.50. The van der Waals surface area contributed by atoms with E-state index in [2.05, 4.69) is 5.10 Å². The fourth-order valence-electron chi connectivity index (χ4n) is 5.78. The van der Waals surface area contributed by atoms with Crippen LogP contribution in [0.4, 0.5) is 8.78 Å². The summed E-state index contributed by atoms with van der Waals surface area (Å²) in [6.07, 6.45) is 1.99. The SMILES string of the molecule is CC1CC(c2nn(C)c(=O)o2)(c2cc(F)c(CN3[C@@H](C)CC[C@H](c4ccccc4)S3(=O)=O)cc2F)C1. The maximum Gasteiger partial charge on any atom is 0.436 e. The van der Waals surface area contributed by atoms with Gasteiger partial charge in [0.25, 0.3) is 0 Å². The highest BCUT2D eigenvalue weighted by Crippen LogP contribution is 2.52. The van der Waals surface area contributed by atoms with Gasteiger partial charge in [0.1, 0.15) is 16.9 Å². The minimum absolute atomic E-state index is 0.0367. The van der Waals surface area contributed by atoms with Crippen LogP contribution in [0.3, 0.4) is 0 Å². The minimum Gasteiger partial charge on any atom is -0.391 e. The summed E-state index contributed by atoms with van der Waals surface area (Å²) in [5.41, 5.74) is -0.313. The van der Waals surface area contributed by atoms with Gasteiger partial charge in [0.05, 0.1) is 5.41 Å². The van der Waals surface area contributed by atoms with E-state index < -0.39 is 38.1 Å². The zero-order valence-electron chi connectivity index (χ0n) is 20.4. The van der Waals surface area contributed by atoms with E-state index in [0.29, 0.717) is 31.2 Å². The molecule has 36 heavy (non-hydrogen) atoms. The molecule has 1 aliphatic heterocycles. The van der Waals surface area contributed by atoms with Crippen LogP contribution in [0, 0.1) is 17.6 Å². The Hall–Kier alpha value is -2.85. The standard InChI is InChI=1S/C26H29F2N3O4S/c1-16-13-26(14-16,24-29-30(3)25(32)35-24)20-12-21(27)19(11-22(20)28)15-31-17(2)9-10-23(36(31,33)34)18-7-5-4-6-8-18/h4-8,11-12,16-17,23H,9-10,13-15H2,1-3H3/t16?,17-,23+,26?/m0/s1. The molecule has 0 unspecified atom stereocenters. The molecular formula is C26H29F2N3O4S. The molecule has 0 amide bonds. The first-order valence-corrected chi connectivity index (χ1v) is 13.6. The Labute approximate surface area is 208 Å². The van der Waals surface area contributed by atoms with Crippen molar-refractivity contribution >= 4 is 10.0 Å². The summed E-state index contributed by atoms with van der Waals surface area (Å²) >= 11 is 0. The van der Waals surface area contributed by atoms with Crippen molar-refractivity contribution in [3.63, 3.8) is 0 Å². The third kappa shape index (κ3) is 4.00. The molecule has 2 atom stereocenters. The molecular weight excluding hydrogens is 488 g/mol. The fraction of sp³-hybridized carbons (Fsp3) is 0.462. The number of aryl methyl sites for hydroxylation is 1. The summed E-state index contributed by atoms with van der Waals surface area (Å²) in [5, 5.41) is 3.40. The zero-order valence-corrected chi connectivity index (χ0v) is 21.3. The monoisotopic (exact) mass is 517 g/mol. The lowest BCUT2D eigenvalue weighted by molar-refractivity contribution is 0.155. The second kappa shape index (κ2) is 8.92. The molecule has 1 saturated heterocycles. The fourth-order valence-corrected chi connectivity index (χ4v) is 7.96. The lowest BCUT2D eigenvalue weighted by Crippen LogP contribution is -2.45. The zero-order chi connectivity index (χ0) is 25.8. The third-order valence-electron chi connectivity index (χ3n) is 7.67. The predicted octanol–water partition coefficient (Wildman–Crippen LogP) is 4.42. The van der Waals surface area contributed by atoms with E-state index in [-0.39, 0.29) is 35.5 Å². The quantitative estimate of drug-likeness (QED) is 0.500. The highest BCUT2D eigenvalue weighted by Gasteiger charge is 2.51. The summed E-state index contributed by atoms with van der Waals surface area (Å²) in [4.78, 5) is 11.9. The van der Waals surface area contributed by atoms with Crippen LogP contribution in [0.1, 0.15) is 67.4 Å². The van der Waals surface area contributed by atoms with Crippen LogP contribution in [-0.2, 0) is 29.0 Å². The molecule has 3 aromatic rings. The molecule has 1 aromatic heterocycles. The Bertz CT molecular complexity index is 1450. The molecule has 7 nitrogen and oxygen atoms in total. The molecule has 1 saturated carbocycles. The number of sulfonamides is 1. The van der Waals surface area contributed by atoms with E-state index in [1.54, 1.807) is 31.2 Å². The molecule has 1 aliphatic carbocycles. The van der Waals surface area contributed by atoms with Gasteiger partial charge in [0, 0.05) is 30.8 Å². The lowest BCUT2D eigenvalue weighted by atomic mass is 9.59. The van der Waals surface area contributed by atoms with Gasteiger partial charge in [-0.05, 0) is 56.2 Å². The maximum atomic E-state index is 15.6. The molecule has 2 fully saturated rings. The Kier molecular flexibility index (Phi) is 6.15. The topological polar surface area (TPSA) is 85.4 Å². The van der Waals surface area contributed by atoms with Gasteiger partial charge in [-0.2, -0.15) is 8.99 Å². The van der Waals surface area contributed by atoms with Gasteiger partial charge in [0.15, 0.2) is 0 Å². The van der Waals surface area contributed by atoms with Crippen LogP contribution >= 0.6 is 0 Å². The van der Waals surface area contributed by atoms with Crippen molar-refractivity contribution < 1.29 is 21.6 Å². The normalized spacial score (nSPS) is 28.1. The molecule has 192 valence electrons. The van der Waals surface area contributed by atoms with Crippen molar-refractivity contribution in [2.45, 2.75) is 62.8 Å². The van der Waals surface area contributed by atoms with Crippen molar-refractivity contribution in [1.82, 2.24) is 14.1 Å². The number of nitrogens with zero attached hydrogens (tertiary/aromatic N) is 3. The lowest BCUT2D eigenvalue weighted by Gasteiger charge is -2.44. The maximum absolute atomic E-state index is 15.6. The van der Waals surface area contributed by atoms with E-state index in [1.165, 1.54) is 11.4 Å². The number of hydrogen-bond acceptors (Lipinski definition) is 5. The number of benzene rings is 2. The van der Waals surface area contributed by atoms with Crippen LogP contribution in [-0.4, -0.2) is 28.5 Å². The number of aromatic nitrogens is 2. The second-order valence-corrected chi connectivity index (χ2v) is 12.3. The molecule has 2 aliphatic rings. The number of hydrogen-bond donors (Lipinski definition) is 0. The summed E-state index contributed by atoms with van der Waals surface area (Å²) in [6, 6.07) is 10.8. The molecule has 2 heterocycles. The Morgan fingerprint density at radius 2 is 1.78 bits per heavy atom. The van der Waals surface area contributed by atoms with E-state index in [9.17, 15) is 13.2 Å². The average molecular weight is 518 g/mol. The molecule has 0 radical (unpaired) electrons. The average Bonchev–Trinajstić information content (AvgIpc) is 3.15. The van der Waals surface area contributed by atoms with E-state index in [4.69, 9.17) is 4.42 Å². The van der Waals surface area contributed by atoms with Gasteiger partial charge >= 0.3 is 5.76 Å². The second-order valence-electron chi connectivity index (χ2n) is 10.2. The van der Waals surface area contributed by atoms with Gasteiger partial charge in [-0.3, -0.25) is 0 Å². The largest absolute Gasteiger partial charge is 0.436 e. The number of rotatable bonds is 5. The molecule has 0 spiro atoms. The van der Waals surface area contributed by atoms with Crippen molar-refractivity contribution in [2.24, 2.45) is 13.0 Å². The van der Waals surface area contributed by atoms with Crippen molar-refractivity contribution in [3.8, 4) is 0 Å². The smallest absolute Gasteiger partial charge is 0.391 e. The summed E-state index contributed by atoms with van der Waals surface area (Å²) in [5.74, 6) is -1.76. The van der Waals surface area contributed by atoms with Crippen LogP contribution in [0.25, 0.3) is 0 Å². The van der Waals surface area contributed by atoms with Crippen molar-refractivity contribution in [1.29, 1.82) is 0 Å². The van der Waals surface area contributed by atoms with E-state index >= 15 is 8.78 Å². The Balaban J connectivity index is 1.49. The van der Waals surface area contributed by atoms with Gasteiger partial charge in [-0.1, -0.05) is 37.3 Å². The van der Waals surface area contributed by atoms with E-state index in [1.807, 2.05) is 13.0 Å². The van der Waals surface area contributed by atoms with Crippen molar-refractivity contribution in [2.75, 3.05) is 0 Å². The first kappa shape index (κ1) is 24.8. The van der Waals surface area contributed by atoms with Crippen LogP contribution in [0.5, 0.6) is 0 Å². The summed E-state index contributed by atoms with van der Waals surface area (Å²) < 4.78 is 65.7. The highest BCUT2D eigenvalue weighted by atomic mass is 32.2. The molecule has 2 aromatic carbocycles. The van der Waals surface area contributed by atoms with Crippen LogP contribution in [0.15, 0.2) is 51.7 Å². The van der Waals surface area contributed by atoms with Gasteiger partial charge in [-0.15, -0.1) is 5.10 Å². The Morgan fingerprint density at radius 3 is 2.39 bits per heavy atom. The minimum atomic E-state index is -3.80. The molecule has 10 heteroatoms. The summed E-state index contributed by atoms with van der Waals surface area (Å²) in [7, 11) is -2.36. The predicted molar refractivity (Wildman–Crippen MR) is 130 cm³/mol. The number of halogens is 2. The van der Waals surface area contributed by atoms with Crippen LogP contribution < -0.4 is 5.76 Å². The first-order chi connectivity index (χ1) is 17.0. The highest BCUT2D eigenvalue weighted by molar-refractivity contribution is 7.89. The third-order valence-corrected chi connectivity index (χ3v) is 10.0. The molecule has 5 rings (SSSR count). The van der Waals surface area contributed by atoms with Crippen molar-refractivity contribution in [3.05, 3.63) is 87.2 Å². The van der Waals surface area contributed by atoms with Gasteiger partial charge in [-0.25, -0.2) is 22.0 Å². The molecule has 0 bridgehead atoms.